The van der Waals surface area contributed by atoms with E-state index in [2.05, 4.69) is 32.2 Å². The van der Waals surface area contributed by atoms with Crippen LogP contribution in [-0.4, -0.2) is 48.2 Å². The standard InChI is InChI=1S/C36H44F2N2O5/c1-35(2,3)24-15-17-27(44-7)23(18-24)20-39-29-28(36(4,5)6)31(34(42)43)40(30(29)21-12-10-9-11-13-21)33(41)32(45-8)22-14-16-25(37)26(38)19-22/h9-19,28-32,39H,20H2,1-8H3,(H,42,43)/t28-,29-,30-,31-,32-/m0/s1. The molecule has 45 heavy (non-hydrogen) atoms. The lowest BCUT2D eigenvalue weighted by atomic mass is 9.72. The summed E-state index contributed by atoms with van der Waals surface area (Å²) in [7, 11) is 2.90. The predicted octanol–water partition coefficient (Wildman–Crippen LogP) is 6.82. The molecule has 1 heterocycles. The van der Waals surface area contributed by atoms with Crippen LogP contribution in [0.5, 0.6) is 5.75 Å². The average molecular weight is 623 g/mol. The minimum atomic E-state index is -1.36. The zero-order chi connectivity index (χ0) is 33.3. The number of benzene rings is 3. The third kappa shape index (κ3) is 7.05. The van der Waals surface area contributed by atoms with Crippen LogP contribution < -0.4 is 10.1 Å². The largest absolute Gasteiger partial charge is 0.496 e. The summed E-state index contributed by atoms with van der Waals surface area (Å²) in [6.07, 6.45) is -1.36. The van der Waals surface area contributed by atoms with Crippen molar-refractivity contribution in [2.75, 3.05) is 14.2 Å². The van der Waals surface area contributed by atoms with Gasteiger partial charge in [-0.15, -0.1) is 0 Å². The van der Waals surface area contributed by atoms with Gasteiger partial charge in [0.25, 0.3) is 5.91 Å². The SMILES string of the molecule is COc1ccc(C(C)(C)C)cc1CN[C@H]1[C@H](C(C)(C)C)[C@@H](C(=O)O)N(C(=O)[C@@H](OC)c2ccc(F)c(F)c2)[C@H]1c1ccccc1. The molecule has 1 saturated heterocycles. The van der Waals surface area contributed by atoms with Crippen molar-refractivity contribution in [3.05, 3.63) is 101 Å². The molecule has 0 unspecified atom stereocenters. The smallest absolute Gasteiger partial charge is 0.326 e. The number of methoxy groups -OCH3 is 2. The van der Waals surface area contributed by atoms with Gasteiger partial charge in [-0.1, -0.05) is 90.1 Å². The number of aliphatic carboxylic acids is 1. The summed E-state index contributed by atoms with van der Waals surface area (Å²) in [5.74, 6) is -3.88. The summed E-state index contributed by atoms with van der Waals surface area (Å²) in [6.45, 7) is 12.6. The maximum atomic E-state index is 14.5. The van der Waals surface area contributed by atoms with Gasteiger partial charge in [0.15, 0.2) is 17.7 Å². The van der Waals surface area contributed by atoms with Crippen LogP contribution in [0.4, 0.5) is 8.78 Å². The summed E-state index contributed by atoms with van der Waals surface area (Å²) < 4.78 is 39.4. The molecule has 3 aromatic rings. The van der Waals surface area contributed by atoms with Gasteiger partial charge in [0.2, 0.25) is 0 Å². The molecule has 0 aromatic heterocycles. The molecule has 7 nitrogen and oxygen atoms in total. The van der Waals surface area contributed by atoms with E-state index in [1.165, 1.54) is 18.1 Å². The zero-order valence-electron chi connectivity index (χ0n) is 27.2. The molecule has 4 rings (SSSR count). The zero-order valence-corrected chi connectivity index (χ0v) is 27.2. The van der Waals surface area contributed by atoms with Crippen LogP contribution >= 0.6 is 0 Å². The Morgan fingerprint density at radius 1 is 0.933 bits per heavy atom. The van der Waals surface area contributed by atoms with Gasteiger partial charge in [-0.05, 0) is 45.7 Å². The molecule has 5 atom stereocenters. The number of carbonyl (C=O) groups is 2. The molecule has 0 bridgehead atoms. The maximum Gasteiger partial charge on any atom is 0.326 e. The van der Waals surface area contributed by atoms with Gasteiger partial charge in [0.05, 0.1) is 13.2 Å². The number of carboxylic acid groups (broad SMARTS) is 1. The molecule has 0 radical (unpaired) electrons. The minimum Gasteiger partial charge on any atom is -0.496 e. The number of amides is 1. The van der Waals surface area contributed by atoms with Crippen molar-refractivity contribution in [1.29, 1.82) is 0 Å². The Morgan fingerprint density at radius 2 is 1.60 bits per heavy atom. The van der Waals surface area contributed by atoms with E-state index >= 15 is 0 Å². The Labute approximate surface area is 264 Å². The van der Waals surface area contributed by atoms with Gasteiger partial charge in [-0.25, -0.2) is 13.6 Å². The molecule has 3 aromatic carbocycles. The van der Waals surface area contributed by atoms with Gasteiger partial charge >= 0.3 is 5.97 Å². The molecule has 242 valence electrons. The highest BCUT2D eigenvalue weighted by Gasteiger charge is 2.58. The molecule has 1 aliphatic heterocycles. The van der Waals surface area contributed by atoms with Crippen molar-refractivity contribution < 1.29 is 33.0 Å². The highest BCUT2D eigenvalue weighted by molar-refractivity contribution is 5.89. The van der Waals surface area contributed by atoms with Gasteiger partial charge < -0.3 is 24.8 Å². The van der Waals surface area contributed by atoms with Crippen LogP contribution in [0.3, 0.4) is 0 Å². The number of nitrogens with zero attached hydrogens (tertiary/aromatic N) is 1. The van der Waals surface area contributed by atoms with Crippen LogP contribution in [0, 0.1) is 23.0 Å². The topological polar surface area (TPSA) is 88.1 Å². The predicted molar refractivity (Wildman–Crippen MR) is 169 cm³/mol. The first-order valence-electron chi connectivity index (χ1n) is 15.1. The van der Waals surface area contributed by atoms with Crippen molar-refractivity contribution in [3.8, 4) is 5.75 Å². The molecule has 0 aliphatic carbocycles. The molecule has 0 spiro atoms. The number of rotatable bonds is 9. The fourth-order valence-electron chi connectivity index (χ4n) is 6.53. The Hall–Kier alpha value is -3.82. The first kappa shape index (κ1) is 34.1. The molecular formula is C36H44F2N2O5. The molecule has 1 fully saturated rings. The molecule has 1 aliphatic rings. The number of likely N-dealkylation sites (tertiary alicyclic amines) is 1. The van der Waals surface area contributed by atoms with Crippen LogP contribution in [0.15, 0.2) is 66.7 Å². The normalized spacial score (nSPS) is 21.1. The lowest BCUT2D eigenvalue weighted by Crippen LogP contribution is -2.49. The van der Waals surface area contributed by atoms with E-state index in [0.717, 1.165) is 28.8 Å². The summed E-state index contributed by atoms with van der Waals surface area (Å²) in [5, 5.41) is 14.4. The van der Waals surface area contributed by atoms with Crippen LogP contribution in [0.2, 0.25) is 0 Å². The quantitative estimate of drug-likeness (QED) is 0.273. The number of halogens is 2. The fourth-order valence-corrected chi connectivity index (χ4v) is 6.53. The number of hydrogen-bond acceptors (Lipinski definition) is 5. The van der Waals surface area contributed by atoms with E-state index < -0.39 is 59.1 Å². The Bertz CT molecular complexity index is 1520. The number of carbonyl (C=O) groups excluding carboxylic acids is 1. The van der Waals surface area contributed by atoms with Gasteiger partial charge in [-0.2, -0.15) is 0 Å². The number of carboxylic acids is 1. The number of nitrogens with one attached hydrogen (secondary N) is 1. The summed E-state index contributed by atoms with van der Waals surface area (Å²) in [4.78, 5) is 29.0. The minimum absolute atomic E-state index is 0.0878. The van der Waals surface area contributed by atoms with Crippen molar-refractivity contribution in [2.24, 2.45) is 11.3 Å². The number of hydrogen-bond donors (Lipinski definition) is 2. The second-order valence-electron chi connectivity index (χ2n) is 13.7. The van der Waals surface area contributed by atoms with Gasteiger partial charge in [-0.3, -0.25) is 4.79 Å². The van der Waals surface area contributed by atoms with Gasteiger partial charge in [0.1, 0.15) is 11.8 Å². The Morgan fingerprint density at radius 3 is 2.13 bits per heavy atom. The highest BCUT2D eigenvalue weighted by Crippen LogP contribution is 2.49. The monoisotopic (exact) mass is 622 g/mol. The van der Waals surface area contributed by atoms with Crippen LogP contribution in [0.1, 0.15) is 75.9 Å². The first-order chi connectivity index (χ1) is 21.1. The molecule has 0 saturated carbocycles. The van der Waals surface area contributed by atoms with E-state index in [9.17, 15) is 23.5 Å². The maximum absolute atomic E-state index is 14.5. The number of ether oxygens (including phenoxy) is 2. The molecular weight excluding hydrogens is 578 g/mol. The van der Waals surface area contributed by atoms with Crippen molar-refractivity contribution in [2.45, 2.75) is 77.7 Å². The molecule has 2 N–H and O–H groups in total. The lowest BCUT2D eigenvalue weighted by Gasteiger charge is -2.35. The lowest BCUT2D eigenvalue weighted by molar-refractivity contribution is -0.157. The van der Waals surface area contributed by atoms with E-state index in [0.29, 0.717) is 12.3 Å². The average Bonchev–Trinajstić information content (AvgIpc) is 3.34. The van der Waals surface area contributed by atoms with E-state index in [4.69, 9.17) is 9.47 Å². The van der Waals surface area contributed by atoms with Crippen molar-refractivity contribution >= 4 is 11.9 Å². The second-order valence-corrected chi connectivity index (χ2v) is 13.7. The summed E-state index contributed by atoms with van der Waals surface area (Å²) in [5.41, 5.74) is 2.15. The Kier molecular flexibility index (Phi) is 10.0. The van der Waals surface area contributed by atoms with Crippen LogP contribution in [-0.2, 0) is 26.3 Å². The Balaban J connectivity index is 1.87. The van der Waals surface area contributed by atoms with Crippen molar-refractivity contribution in [1.82, 2.24) is 10.2 Å². The fraction of sp³-hybridized carbons (Fsp3) is 0.444. The van der Waals surface area contributed by atoms with E-state index in [-0.39, 0.29) is 11.0 Å². The third-order valence-corrected chi connectivity index (χ3v) is 8.70. The first-order valence-corrected chi connectivity index (χ1v) is 15.1. The highest BCUT2D eigenvalue weighted by atomic mass is 19.2. The van der Waals surface area contributed by atoms with Crippen LogP contribution in [0.25, 0.3) is 0 Å². The van der Waals surface area contributed by atoms with Gasteiger partial charge in [0, 0.05) is 31.2 Å². The molecule has 9 heteroatoms. The second kappa shape index (κ2) is 13.3. The van der Waals surface area contributed by atoms with Crippen molar-refractivity contribution in [3.63, 3.8) is 0 Å². The third-order valence-electron chi connectivity index (χ3n) is 8.70. The summed E-state index contributed by atoms with van der Waals surface area (Å²) in [6, 6.07) is 15.9. The summed E-state index contributed by atoms with van der Waals surface area (Å²) >= 11 is 0. The van der Waals surface area contributed by atoms with E-state index in [1.807, 2.05) is 63.2 Å². The van der Waals surface area contributed by atoms with E-state index in [1.54, 1.807) is 7.11 Å². The molecule has 1 amide bonds.